The second-order valence-electron chi connectivity index (χ2n) is 5.25. The van der Waals surface area contributed by atoms with E-state index in [1.165, 1.54) is 48.5 Å². The number of sulfonamides is 1. The maximum Gasteiger partial charge on any atom is 0.257 e. The maximum absolute atomic E-state index is 13.2. The van der Waals surface area contributed by atoms with E-state index in [1.54, 1.807) is 0 Å². The standard InChI is InChI=1S/C17H14FN3O3S2/c1-2-9-19-26(23,24)13-6-3-11(4-7-13)16(22)21-17-20-14-8-5-12(18)10-15(14)25-17/h2-8,10,19H,1,9H2,(H,20,21,22). The fourth-order valence-electron chi connectivity index (χ4n) is 2.16. The summed E-state index contributed by atoms with van der Waals surface area (Å²) in [5.41, 5.74) is 0.861. The molecule has 134 valence electrons. The first kappa shape index (κ1) is 18.2. The third kappa shape index (κ3) is 3.96. The van der Waals surface area contributed by atoms with Crippen LogP contribution in [0.25, 0.3) is 10.2 Å². The van der Waals surface area contributed by atoms with Gasteiger partial charge in [0.2, 0.25) is 10.0 Å². The Morgan fingerprint density at radius 1 is 1.23 bits per heavy atom. The zero-order valence-electron chi connectivity index (χ0n) is 13.4. The van der Waals surface area contributed by atoms with Crippen molar-refractivity contribution in [1.29, 1.82) is 0 Å². The van der Waals surface area contributed by atoms with Crippen LogP contribution < -0.4 is 10.0 Å². The lowest BCUT2D eigenvalue weighted by Gasteiger charge is -2.06. The van der Waals surface area contributed by atoms with Gasteiger partial charge in [0.15, 0.2) is 5.13 Å². The van der Waals surface area contributed by atoms with Crippen LogP contribution in [0, 0.1) is 5.82 Å². The Morgan fingerprint density at radius 3 is 2.65 bits per heavy atom. The molecule has 0 saturated carbocycles. The summed E-state index contributed by atoms with van der Waals surface area (Å²) in [7, 11) is -3.64. The number of hydrogen-bond acceptors (Lipinski definition) is 5. The lowest BCUT2D eigenvalue weighted by atomic mass is 10.2. The van der Waals surface area contributed by atoms with Crippen LogP contribution in [-0.2, 0) is 10.0 Å². The molecule has 0 aliphatic rings. The minimum Gasteiger partial charge on any atom is -0.298 e. The molecule has 0 aliphatic carbocycles. The van der Waals surface area contributed by atoms with Gasteiger partial charge in [-0.15, -0.1) is 6.58 Å². The third-order valence-electron chi connectivity index (χ3n) is 3.42. The van der Waals surface area contributed by atoms with Gasteiger partial charge in [-0.3, -0.25) is 10.1 Å². The van der Waals surface area contributed by atoms with Gasteiger partial charge in [-0.2, -0.15) is 0 Å². The number of anilines is 1. The summed E-state index contributed by atoms with van der Waals surface area (Å²) >= 11 is 1.15. The number of rotatable bonds is 6. The molecule has 2 N–H and O–H groups in total. The second-order valence-corrected chi connectivity index (χ2v) is 8.05. The predicted octanol–water partition coefficient (Wildman–Crippen LogP) is 3.15. The van der Waals surface area contributed by atoms with E-state index in [1.807, 2.05) is 0 Å². The van der Waals surface area contributed by atoms with E-state index in [0.29, 0.717) is 15.3 Å². The Labute approximate surface area is 153 Å². The summed E-state index contributed by atoms with van der Waals surface area (Å²) in [4.78, 5) is 16.6. The third-order valence-corrected chi connectivity index (χ3v) is 5.79. The van der Waals surface area contributed by atoms with E-state index < -0.39 is 15.9 Å². The van der Waals surface area contributed by atoms with Gasteiger partial charge in [-0.05, 0) is 42.5 Å². The van der Waals surface area contributed by atoms with E-state index in [4.69, 9.17) is 0 Å². The van der Waals surface area contributed by atoms with Crippen molar-refractivity contribution in [2.75, 3.05) is 11.9 Å². The molecule has 1 amide bonds. The molecule has 6 nitrogen and oxygen atoms in total. The van der Waals surface area contributed by atoms with Crippen LogP contribution in [-0.4, -0.2) is 25.9 Å². The van der Waals surface area contributed by atoms with Crippen molar-refractivity contribution in [3.63, 3.8) is 0 Å². The molecule has 0 bridgehead atoms. The highest BCUT2D eigenvalue weighted by Gasteiger charge is 2.15. The summed E-state index contributed by atoms with van der Waals surface area (Å²) in [5, 5.41) is 2.96. The van der Waals surface area contributed by atoms with E-state index in [2.05, 4.69) is 21.6 Å². The fourth-order valence-corrected chi connectivity index (χ4v) is 4.04. The predicted molar refractivity (Wildman–Crippen MR) is 99.4 cm³/mol. The lowest BCUT2D eigenvalue weighted by Crippen LogP contribution is -2.23. The van der Waals surface area contributed by atoms with Gasteiger partial charge >= 0.3 is 0 Å². The van der Waals surface area contributed by atoms with Crippen LogP contribution in [0.5, 0.6) is 0 Å². The van der Waals surface area contributed by atoms with Crippen molar-refractivity contribution in [3.8, 4) is 0 Å². The Kier molecular flexibility index (Phi) is 5.12. The van der Waals surface area contributed by atoms with Gasteiger partial charge < -0.3 is 0 Å². The van der Waals surface area contributed by atoms with Gasteiger partial charge in [0.1, 0.15) is 5.82 Å². The minimum atomic E-state index is -3.64. The van der Waals surface area contributed by atoms with E-state index in [0.717, 1.165) is 11.3 Å². The quantitative estimate of drug-likeness (QED) is 0.632. The van der Waals surface area contributed by atoms with Crippen molar-refractivity contribution in [2.24, 2.45) is 0 Å². The number of halogens is 1. The molecule has 0 saturated heterocycles. The molecular formula is C17H14FN3O3S2. The van der Waals surface area contributed by atoms with Crippen LogP contribution in [0.4, 0.5) is 9.52 Å². The molecule has 0 radical (unpaired) electrons. The molecule has 2 aromatic carbocycles. The van der Waals surface area contributed by atoms with Crippen molar-refractivity contribution in [2.45, 2.75) is 4.90 Å². The molecule has 0 fully saturated rings. The first-order valence-electron chi connectivity index (χ1n) is 7.47. The average Bonchev–Trinajstić information content (AvgIpc) is 3.01. The maximum atomic E-state index is 13.2. The Bertz CT molecular complexity index is 1080. The number of aromatic nitrogens is 1. The van der Waals surface area contributed by atoms with Crippen molar-refractivity contribution < 1.29 is 17.6 Å². The van der Waals surface area contributed by atoms with Gasteiger partial charge in [-0.1, -0.05) is 17.4 Å². The number of carbonyl (C=O) groups excluding carboxylic acids is 1. The molecule has 0 atom stereocenters. The highest BCUT2D eigenvalue weighted by Crippen LogP contribution is 2.26. The van der Waals surface area contributed by atoms with Gasteiger partial charge in [-0.25, -0.2) is 22.5 Å². The summed E-state index contributed by atoms with van der Waals surface area (Å²) < 4.78 is 40.2. The van der Waals surface area contributed by atoms with Gasteiger partial charge in [0.25, 0.3) is 5.91 Å². The van der Waals surface area contributed by atoms with Crippen molar-refractivity contribution >= 4 is 42.6 Å². The normalized spacial score (nSPS) is 11.4. The van der Waals surface area contributed by atoms with Crippen LogP contribution in [0.3, 0.4) is 0 Å². The number of nitrogens with zero attached hydrogens (tertiary/aromatic N) is 1. The first-order valence-corrected chi connectivity index (χ1v) is 9.77. The van der Waals surface area contributed by atoms with Crippen molar-refractivity contribution in [1.82, 2.24) is 9.71 Å². The molecule has 0 spiro atoms. The number of fused-ring (bicyclic) bond motifs is 1. The summed E-state index contributed by atoms with van der Waals surface area (Å²) in [5.74, 6) is -0.812. The van der Waals surface area contributed by atoms with Crippen LogP contribution >= 0.6 is 11.3 Å². The number of carbonyl (C=O) groups is 1. The Morgan fingerprint density at radius 2 is 1.96 bits per heavy atom. The van der Waals surface area contributed by atoms with E-state index in [9.17, 15) is 17.6 Å². The van der Waals surface area contributed by atoms with E-state index >= 15 is 0 Å². The summed E-state index contributed by atoms with van der Waals surface area (Å²) in [6.45, 7) is 3.56. The number of thiazole rings is 1. The monoisotopic (exact) mass is 391 g/mol. The number of amides is 1. The minimum absolute atomic E-state index is 0.0476. The summed E-state index contributed by atoms with van der Waals surface area (Å²) in [6.07, 6.45) is 1.43. The fraction of sp³-hybridized carbons (Fsp3) is 0.0588. The molecule has 1 heterocycles. The molecule has 9 heteroatoms. The topological polar surface area (TPSA) is 88.2 Å². The number of benzene rings is 2. The van der Waals surface area contributed by atoms with Gasteiger partial charge in [0.05, 0.1) is 15.1 Å². The molecule has 3 aromatic rings. The molecule has 1 aromatic heterocycles. The SMILES string of the molecule is C=CCNS(=O)(=O)c1ccc(C(=O)Nc2nc3ccc(F)cc3s2)cc1. The van der Waals surface area contributed by atoms with Crippen LogP contribution in [0.2, 0.25) is 0 Å². The van der Waals surface area contributed by atoms with Crippen molar-refractivity contribution in [3.05, 3.63) is 66.5 Å². The highest BCUT2D eigenvalue weighted by molar-refractivity contribution is 7.89. The van der Waals surface area contributed by atoms with Crippen LogP contribution in [0.15, 0.2) is 60.0 Å². The summed E-state index contributed by atoms with van der Waals surface area (Å²) in [6, 6.07) is 9.68. The average molecular weight is 391 g/mol. The molecule has 3 rings (SSSR count). The zero-order valence-corrected chi connectivity index (χ0v) is 15.0. The Balaban J connectivity index is 1.76. The van der Waals surface area contributed by atoms with E-state index in [-0.39, 0.29) is 22.8 Å². The molecular weight excluding hydrogens is 377 g/mol. The smallest absolute Gasteiger partial charge is 0.257 e. The lowest BCUT2D eigenvalue weighted by molar-refractivity contribution is 0.102. The number of hydrogen-bond donors (Lipinski definition) is 2. The van der Waals surface area contributed by atoms with Crippen LogP contribution in [0.1, 0.15) is 10.4 Å². The molecule has 0 unspecified atom stereocenters. The first-order chi connectivity index (χ1) is 12.4. The molecule has 0 aliphatic heterocycles. The second kappa shape index (κ2) is 7.32. The van der Waals surface area contributed by atoms with Gasteiger partial charge in [0, 0.05) is 12.1 Å². The largest absolute Gasteiger partial charge is 0.298 e. The highest BCUT2D eigenvalue weighted by atomic mass is 32.2. The molecule has 26 heavy (non-hydrogen) atoms. The Hall–Kier alpha value is -2.62. The zero-order chi connectivity index (χ0) is 18.7. The number of nitrogens with one attached hydrogen (secondary N) is 2.